The van der Waals surface area contributed by atoms with Gasteiger partial charge in [-0.2, -0.15) is 13.9 Å². The minimum atomic E-state index is -2.87. The van der Waals surface area contributed by atoms with Crippen LogP contribution in [0.25, 0.3) is 0 Å². The Hall–Kier alpha value is -2.74. The van der Waals surface area contributed by atoms with E-state index in [2.05, 4.69) is 20.6 Å². The summed E-state index contributed by atoms with van der Waals surface area (Å²) in [7, 11) is 1.59. The van der Waals surface area contributed by atoms with Crippen LogP contribution >= 0.6 is 12.2 Å². The Labute approximate surface area is 149 Å². The van der Waals surface area contributed by atoms with Crippen molar-refractivity contribution >= 4 is 28.7 Å². The summed E-state index contributed by atoms with van der Waals surface area (Å²) in [4.78, 5) is 0. The van der Waals surface area contributed by atoms with Crippen molar-refractivity contribution in [2.24, 2.45) is 5.10 Å². The molecule has 0 aliphatic heterocycles. The van der Waals surface area contributed by atoms with Gasteiger partial charge in [0.2, 0.25) is 0 Å². The molecule has 2 aromatic rings. The molecule has 132 valence electrons. The molecular formula is C17H17F2N3O2S. The number of hydrazone groups is 1. The van der Waals surface area contributed by atoms with Gasteiger partial charge in [0, 0.05) is 11.3 Å². The SMILES string of the molecule is COc1ccc(NC(=S)N/N=C(/C)c2cccc(OC(F)F)c2)cc1. The molecule has 0 saturated heterocycles. The molecule has 8 heteroatoms. The number of hydrogen-bond acceptors (Lipinski definition) is 4. The molecule has 0 unspecified atom stereocenters. The van der Waals surface area contributed by atoms with Crippen LogP contribution in [0.5, 0.6) is 11.5 Å². The normalized spacial score (nSPS) is 11.2. The second-order valence-electron chi connectivity index (χ2n) is 4.90. The summed E-state index contributed by atoms with van der Waals surface area (Å²) in [6, 6.07) is 13.5. The van der Waals surface area contributed by atoms with Gasteiger partial charge >= 0.3 is 6.61 Å². The third-order valence-corrected chi connectivity index (χ3v) is 3.34. The Bertz CT molecular complexity index is 752. The summed E-state index contributed by atoms with van der Waals surface area (Å²) in [5.74, 6) is 0.810. The van der Waals surface area contributed by atoms with Gasteiger partial charge in [-0.15, -0.1) is 0 Å². The van der Waals surface area contributed by atoms with E-state index in [1.807, 2.05) is 12.1 Å². The molecule has 0 amide bonds. The average molecular weight is 365 g/mol. The van der Waals surface area contributed by atoms with Gasteiger partial charge in [0.25, 0.3) is 0 Å². The molecule has 0 bridgehead atoms. The highest BCUT2D eigenvalue weighted by atomic mass is 32.1. The van der Waals surface area contributed by atoms with Crippen molar-refractivity contribution in [1.29, 1.82) is 0 Å². The molecule has 25 heavy (non-hydrogen) atoms. The van der Waals surface area contributed by atoms with Crippen LogP contribution in [0.2, 0.25) is 0 Å². The summed E-state index contributed by atoms with van der Waals surface area (Å²) in [5.41, 5.74) is 4.69. The molecule has 0 aliphatic rings. The summed E-state index contributed by atoms with van der Waals surface area (Å²) in [6.45, 7) is -1.14. The molecule has 2 N–H and O–H groups in total. The zero-order valence-electron chi connectivity index (χ0n) is 13.6. The average Bonchev–Trinajstić information content (AvgIpc) is 2.60. The molecule has 2 aromatic carbocycles. The van der Waals surface area contributed by atoms with Crippen molar-refractivity contribution in [3.8, 4) is 11.5 Å². The molecule has 2 rings (SSSR count). The number of methoxy groups -OCH3 is 1. The van der Waals surface area contributed by atoms with Crippen molar-refractivity contribution in [2.45, 2.75) is 13.5 Å². The summed E-state index contributed by atoms with van der Waals surface area (Å²) in [6.07, 6.45) is 0. The van der Waals surface area contributed by atoms with E-state index in [0.717, 1.165) is 11.4 Å². The van der Waals surface area contributed by atoms with Crippen molar-refractivity contribution in [2.75, 3.05) is 12.4 Å². The van der Waals surface area contributed by atoms with Crippen molar-refractivity contribution in [1.82, 2.24) is 5.43 Å². The molecular weight excluding hydrogens is 348 g/mol. The molecule has 0 spiro atoms. The Morgan fingerprint density at radius 1 is 1.12 bits per heavy atom. The zero-order valence-corrected chi connectivity index (χ0v) is 14.4. The van der Waals surface area contributed by atoms with Crippen LogP contribution in [0.4, 0.5) is 14.5 Å². The number of ether oxygens (including phenoxy) is 2. The van der Waals surface area contributed by atoms with E-state index in [0.29, 0.717) is 16.4 Å². The number of alkyl halides is 2. The van der Waals surface area contributed by atoms with Crippen LogP contribution < -0.4 is 20.2 Å². The fourth-order valence-electron chi connectivity index (χ4n) is 1.93. The Morgan fingerprint density at radius 3 is 2.48 bits per heavy atom. The fraction of sp³-hybridized carbons (Fsp3) is 0.176. The lowest BCUT2D eigenvalue weighted by atomic mass is 10.1. The van der Waals surface area contributed by atoms with E-state index in [1.54, 1.807) is 38.3 Å². The topological polar surface area (TPSA) is 54.9 Å². The van der Waals surface area contributed by atoms with Gasteiger partial charge in [0.15, 0.2) is 5.11 Å². The van der Waals surface area contributed by atoms with Gasteiger partial charge in [-0.3, -0.25) is 5.43 Å². The van der Waals surface area contributed by atoms with Crippen LogP contribution in [0.15, 0.2) is 53.6 Å². The van der Waals surface area contributed by atoms with Crippen molar-refractivity contribution in [3.63, 3.8) is 0 Å². The molecule has 0 aromatic heterocycles. The lowest BCUT2D eigenvalue weighted by Gasteiger charge is -2.09. The van der Waals surface area contributed by atoms with Crippen LogP contribution in [-0.4, -0.2) is 24.5 Å². The van der Waals surface area contributed by atoms with Gasteiger partial charge < -0.3 is 14.8 Å². The van der Waals surface area contributed by atoms with Gasteiger partial charge in [0.05, 0.1) is 12.8 Å². The van der Waals surface area contributed by atoms with Gasteiger partial charge in [0.1, 0.15) is 11.5 Å². The number of hydrogen-bond donors (Lipinski definition) is 2. The predicted octanol–water partition coefficient (Wildman–Crippen LogP) is 4.01. The van der Waals surface area contributed by atoms with Crippen LogP contribution in [0.1, 0.15) is 12.5 Å². The number of anilines is 1. The monoisotopic (exact) mass is 365 g/mol. The number of halogens is 2. The number of thiocarbonyl (C=S) groups is 1. The van der Waals surface area contributed by atoms with Crippen molar-refractivity contribution < 1.29 is 18.3 Å². The Balaban J connectivity index is 1.96. The smallest absolute Gasteiger partial charge is 0.387 e. The first-order chi connectivity index (χ1) is 12.0. The molecule has 0 saturated carbocycles. The first kappa shape index (κ1) is 18.6. The van der Waals surface area contributed by atoms with Crippen LogP contribution in [0.3, 0.4) is 0 Å². The zero-order chi connectivity index (χ0) is 18.2. The van der Waals surface area contributed by atoms with Crippen LogP contribution in [-0.2, 0) is 0 Å². The third-order valence-electron chi connectivity index (χ3n) is 3.15. The maximum atomic E-state index is 12.3. The quantitative estimate of drug-likeness (QED) is 0.460. The minimum absolute atomic E-state index is 0.0704. The van der Waals surface area contributed by atoms with E-state index in [1.165, 1.54) is 12.1 Å². The molecule has 0 radical (unpaired) electrons. The number of rotatable bonds is 6. The van der Waals surface area contributed by atoms with Gasteiger partial charge in [-0.05, 0) is 55.5 Å². The maximum absolute atomic E-state index is 12.3. The Morgan fingerprint density at radius 2 is 1.84 bits per heavy atom. The first-order valence-corrected chi connectivity index (χ1v) is 7.69. The highest BCUT2D eigenvalue weighted by molar-refractivity contribution is 7.80. The summed E-state index contributed by atoms with van der Waals surface area (Å²) >= 11 is 5.16. The number of nitrogens with one attached hydrogen (secondary N) is 2. The molecule has 5 nitrogen and oxygen atoms in total. The maximum Gasteiger partial charge on any atom is 0.387 e. The lowest BCUT2D eigenvalue weighted by Crippen LogP contribution is -2.24. The second-order valence-corrected chi connectivity index (χ2v) is 5.31. The number of benzene rings is 2. The van der Waals surface area contributed by atoms with Crippen molar-refractivity contribution in [3.05, 3.63) is 54.1 Å². The van der Waals surface area contributed by atoms with E-state index < -0.39 is 6.61 Å². The van der Waals surface area contributed by atoms with E-state index in [-0.39, 0.29) is 5.75 Å². The second kappa shape index (κ2) is 8.93. The van der Waals surface area contributed by atoms with E-state index in [4.69, 9.17) is 17.0 Å². The summed E-state index contributed by atoms with van der Waals surface area (Å²) < 4.78 is 34.0. The highest BCUT2D eigenvalue weighted by Crippen LogP contribution is 2.17. The summed E-state index contributed by atoms with van der Waals surface area (Å²) in [5, 5.41) is 7.41. The molecule has 0 fully saturated rings. The minimum Gasteiger partial charge on any atom is -0.497 e. The van der Waals surface area contributed by atoms with Gasteiger partial charge in [-0.25, -0.2) is 0 Å². The molecule has 0 atom stereocenters. The standard InChI is InChI=1S/C17H17F2N3O2S/c1-11(12-4-3-5-15(10-12)24-16(18)19)21-22-17(25)20-13-6-8-14(23-2)9-7-13/h3-10,16H,1-2H3,(H2,20,22,25)/b21-11-. The lowest BCUT2D eigenvalue weighted by molar-refractivity contribution is -0.0498. The Kier molecular flexibility index (Phi) is 6.64. The third kappa shape index (κ3) is 6.00. The fourth-order valence-corrected chi connectivity index (χ4v) is 2.09. The molecule has 0 aliphatic carbocycles. The van der Waals surface area contributed by atoms with Crippen LogP contribution in [0, 0.1) is 0 Å². The first-order valence-electron chi connectivity index (χ1n) is 7.28. The van der Waals surface area contributed by atoms with E-state index in [9.17, 15) is 8.78 Å². The predicted molar refractivity (Wildman–Crippen MR) is 97.6 cm³/mol. The van der Waals surface area contributed by atoms with E-state index >= 15 is 0 Å². The van der Waals surface area contributed by atoms with Gasteiger partial charge in [-0.1, -0.05) is 12.1 Å². The molecule has 0 heterocycles. The highest BCUT2D eigenvalue weighted by Gasteiger charge is 2.06. The largest absolute Gasteiger partial charge is 0.497 e. The number of nitrogens with zero attached hydrogens (tertiary/aromatic N) is 1.